The fourth-order valence-electron chi connectivity index (χ4n) is 3.11. The van der Waals surface area contributed by atoms with Crippen LogP contribution >= 0.6 is 22.9 Å². The van der Waals surface area contributed by atoms with Crippen molar-refractivity contribution < 1.29 is 26.7 Å². The van der Waals surface area contributed by atoms with Crippen LogP contribution in [0.5, 0.6) is 0 Å². The lowest BCUT2D eigenvalue weighted by Gasteiger charge is -2.39. The number of hydrogen-bond donors (Lipinski definition) is 0. The molecule has 4 nitrogen and oxygen atoms in total. The highest BCUT2D eigenvalue weighted by atomic mass is 35.5. The van der Waals surface area contributed by atoms with Crippen LogP contribution in [0.3, 0.4) is 0 Å². The van der Waals surface area contributed by atoms with E-state index in [0.717, 1.165) is 5.56 Å². The van der Waals surface area contributed by atoms with E-state index >= 15 is 4.39 Å². The molecule has 1 saturated carbocycles. The Balaban J connectivity index is 1.56. The molecule has 2 aromatic heterocycles. The molecule has 0 N–H and O–H groups in total. The predicted molar refractivity (Wildman–Crippen MR) is 100 cm³/mol. The van der Waals surface area contributed by atoms with Crippen LogP contribution in [-0.2, 0) is 23.2 Å². The molecular formula is C19H13ClF5N3OS. The van der Waals surface area contributed by atoms with Crippen LogP contribution in [0.15, 0.2) is 36.5 Å². The molecule has 1 aliphatic rings. The molecule has 0 atom stereocenters. The van der Waals surface area contributed by atoms with Crippen molar-refractivity contribution in [3.8, 4) is 10.6 Å². The Kier molecular flexibility index (Phi) is 5.50. The SMILES string of the molecule is Fc1cnc(Cl)nc1-c1sc([C@]2(F)C[C@H](OCc3ccccc3)C2)nc1C(F)(F)F. The van der Waals surface area contributed by atoms with E-state index in [9.17, 15) is 17.6 Å². The number of ether oxygens (including phenoxy) is 1. The van der Waals surface area contributed by atoms with Gasteiger partial charge in [-0.25, -0.2) is 23.7 Å². The molecule has 0 radical (unpaired) electrons. The molecule has 1 fully saturated rings. The Bertz CT molecular complexity index is 1050. The molecule has 0 amide bonds. The highest BCUT2D eigenvalue weighted by molar-refractivity contribution is 7.15. The van der Waals surface area contributed by atoms with Crippen LogP contribution in [0, 0.1) is 5.82 Å². The first-order chi connectivity index (χ1) is 14.2. The van der Waals surface area contributed by atoms with Crippen molar-refractivity contribution >= 4 is 22.9 Å². The summed E-state index contributed by atoms with van der Waals surface area (Å²) in [5.74, 6) is -1.11. The molecule has 11 heteroatoms. The first-order valence-corrected chi connectivity index (χ1v) is 9.96. The molecule has 0 spiro atoms. The summed E-state index contributed by atoms with van der Waals surface area (Å²) in [6.07, 6.45) is -5.00. The third-order valence-corrected chi connectivity index (χ3v) is 6.06. The maximum Gasteiger partial charge on any atom is 0.434 e. The lowest BCUT2D eigenvalue weighted by Crippen LogP contribution is -2.42. The number of rotatable bonds is 5. The van der Waals surface area contributed by atoms with Gasteiger partial charge in [0.1, 0.15) is 10.7 Å². The first-order valence-electron chi connectivity index (χ1n) is 8.77. The van der Waals surface area contributed by atoms with Crippen LogP contribution in [0.1, 0.15) is 29.1 Å². The smallest absolute Gasteiger partial charge is 0.373 e. The largest absolute Gasteiger partial charge is 0.434 e. The zero-order chi connectivity index (χ0) is 21.5. The molecule has 1 aliphatic carbocycles. The monoisotopic (exact) mass is 461 g/mol. The predicted octanol–water partition coefficient (Wildman–Crippen LogP) is 5.96. The van der Waals surface area contributed by atoms with Gasteiger partial charge >= 0.3 is 6.18 Å². The summed E-state index contributed by atoms with van der Waals surface area (Å²) in [4.78, 5) is 9.76. The fraction of sp³-hybridized carbons (Fsp3) is 0.316. The average molecular weight is 462 g/mol. The molecule has 158 valence electrons. The molecule has 2 heterocycles. The number of aromatic nitrogens is 3. The summed E-state index contributed by atoms with van der Waals surface area (Å²) in [6, 6.07) is 9.24. The minimum atomic E-state index is -4.92. The van der Waals surface area contributed by atoms with Gasteiger partial charge in [-0.05, 0) is 17.2 Å². The van der Waals surface area contributed by atoms with Gasteiger partial charge in [0.2, 0.25) is 5.28 Å². The minimum absolute atomic E-state index is 0.142. The van der Waals surface area contributed by atoms with E-state index in [1.165, 1.54) is 0 Å². The fourth-order valence-corrected chi connectivity index (χ4v) is 4.42. The van der Waals surface area contributed by atoms with Gasteiger partial charge < -0.3 is 4.74 Å². The van der Waals surface area contributed by atoms with Crippen LogP contribution < -0.4 is 0 Å². The van der Waals surface area contributed by atoms with E-state index in [2.05, 4.69) is 15.0 Å². The number of nitrogens with zero attached hydrogens (tertiary/aromatic N) is 3. The second kappa shape index (κ2) is 7.82. The van der Waals surface area contributed by atoms with Crippen LogP contribution in [-0.4, -0.2) is 21.1 Å². The molecule has 1 aromatic carbocycles. The Hall–Kier alpha value is -2.17. The lowest BCUT2D eigenvalue weighted by atomic mass is 9.79. The summed E-state index contributed by atoms with van der Waals surface area (Å²) in [7, 11) is 0. The zero-order valence-electron chi connectivity index (χ0n) is 15.1. The van der Waals surface area contributed by atoms with E-state index in [4.69, 9.17) is 16.3 Å². The Morgan fingerprint density at radius 1 is 1.17 bits per heavy atom. The van der Waals surface area contributed by atoms with Crippen molar-refractivity contribution in [1.29, 1.82) is 0 Å². The van der Waals surface area contributed by atoms with E-state index in [1.54, 1.807) is 0 Å². The highest BCUT2D eigenvalue weighted by Crippen LogP contribution is 2.51. The average Bonchev–Trinajstić information content (AvgIpc) is 3.13. The number of benzene rings is 1. The van der Waals surface area contributed by atoms with Crippen LogP contribution in [0.2, 0.25) is 5.28 Å². The molecule has 0 saturated heterocycles. The van der Waals surface area contributed by atoms with Gasteiger partial charge in [-0.2, -0.15) is 13.2 Å². The van der Waals surface area contributed by atoms with Gasteiger partial charge in [-0.1, -0.05) is 30.3 Å². The topological polar surface area (TPSA) is 47.9 Å². The Morgan fingerprint density at radius 2 is 1.87 bits per heavy atom. The van der Waals surface area contributed by atoms with E-state index in [1.807, 2.05) is 30.3 Å². The number of hydrogen-bond acceptors (Lipinski definition) is 5. The zero-order valence-corrected chi connectivity index (χ0v) is 16.7. The maximum absolute atomic E-state index is 15.2. The van der Waals surface area contributed by atoms with Crippen molar-refractivity contribution in [2.24, 2.45) is 0 Å². The van der Waals surface area contributed by atoms with Gasteiger partial charge in [-0.15, -0.1) is 11.3 Å². The van der Waals surface area contributed by atoms with Crippen molar-refractivity contribution in [2.75, 3.05) is 0 Å². The quantitative estimate of drug-likeness (QED) is 0.348. The third-order valence-electron chi connectivity index (χ3n) is 4.64. The summed E-state index contributed by atoms with van der Waals surface area (Å²) in [6.45, 7) is 0.267. The van der Waals surface area contributed by atoms with Gasteiger partial charge in [-0.3, -0.25) is 0 Å². The molecule has 30 heavy (non-hydrogen) atoms. The maximum atomic E-state index is 15.2. The second-order valence-electron chi connectivity index (χ2n) is 6.82. The van der Waals surface area contributed by atoms with Gasteiger partial charge in [0.25, 0.3) is 0 Å². The molecular weight excluding hydrogens is 449 g/mol. The van der Waals surface area contributed by atoms with E-state index in [-0.39, 0.29) is 19.4 Å². The Labute approximate surface area is 176 Å². The summed E-state index contributed by atoms with van der Waals surface area (Å²) in [5, 5.41) is -0.819. The van der Waals surface area contributed by atoms with Crippen molar-refractivity contribution in [1.82, 2.24) is 15.0 Å². The summed E-state index contributed by atoms with van der Waals surface area (Å²) >= 11 is 6.01. The van der Waals surface area contributed by atoms with Crippen LogP contribution in [0.4, 0.5) is 22.0 Å². The normalized spacial score (nSPS) is 21.5. The second-order valence-corrected chi connectivity index (χ2v) is 8.16. The molecule has 4 rings (SSSR count). The molecule has 0 aliphatic heterocycles. The van der Waals surface area contributed by atoms with E-state index in [0.29, 0.717) is 17.5 Å². The van der Waals surface area contributed by atoms with Crippen molar-refractivity contribution in [2.45, 2.75) is 37.4 Å². The standard InChI is InChI=1S/C19H13ClF5N3OS/c20-17-26-8-12(21)13(27-17)14-15(19(23,24)25)28-16(30-14)18(22)6-11(7-18)29-9-10-4-2-1-3-5-10/h1-5,8,11H,6-7,9H2/t11-,18-. The highest BCUT2D eigenvalue weighted by Gasteiger charge is 2.51. The lowest BCUT2D eigenvalue weighted by molar-refractivity contribution is -0.141. The summed E-state index contributed by atoms with van der Waals surface area (Å²) < 4.78 is 75.3. The van der Waals surface area contributed by atoms with Crippen molar-refractivity contribution in [3.05, 3.63) is 63.9 Å². The first kappa shape index (κ1) is 21.1. The van der Waals surface area contributed by atoms with Crippen LogP contribution in [0.25, 0.3) is 10.6 Å². The van der Waals surface area contributed by atoms with Gasteiger partial charge in [0.15, 0.2) is 17.2 Å². The molecule has 0 unspecified atom stereocenters. The number of thiazole rings is 1. The van der Waals surface area contributed by atoms with Gasteiger partial charge in [0, 0.05) is 12.8 Å². The number of alkyl halides is 4. The van der Waals surface area contributed by atoms with Gasteiger partial charge in [0.05, 0.1) is 23.8 Å². The summed E-state index contributed by atoms with van der Waals surface area (Å²) in [5.41, 5.74) is -3.24. The van der Waals surface area contributed by atoms with Crippen molar-refractivity contribution in [3.63, 3.8) is 0 Å². The third kappa shape index (κ3) is 4.17. The Morgan fingerprint density at radius 3 is 2.53 bits per heavy atom. The number of halogens is 6. The van der Waals surface area contributed by atoms with E-state index < -0.39 is 50.3 Å². The molecule has 3 aromatic rings. The minimum Gasteiger partial charge on any atom is -0.373 e. The molecule has 0 bridgehead atoms.